The lowest BCUT2D eigenvalue weighted by Gasteiger charge is -2.32. The van der Waals surface area contributed by atoms with Crippen molar-refractivity contribution in [2.45, 2.75) is 32.1 Å². The lowest BCUT2D eigenvalue weighted by Crippen LogP contribution is -2.34. The first-order valence-corrected chi connectivity index (χ1v) is 6.38. The summed E-state index contributed by atoms with van der Waals surface area (Å²) in [7, 11) is 1.63. The summed E-state index contributed by atoms with van der Waals surface area (Å²) in [5.41, 5.74) is 1.46. The molecule has 1 saturated carbocycles. The third-order valence-electron chi connectivity index (χ3n) is 4.33. The van der Waals surface area contributed by atoms with Gasteiger partial charge in [-0.2, -0.15) is 0 Å². The Morgan fingerprint density at radius 2 is 1.94 bits per heavy atom. The molecule has 3 rings (SSSR count). The van der Waals surface area contributed by atoms with E-state index in [4.69, 9.17) is 4.74 Å². The molecule has 0 heterocycles. The van der Waals surface area contributed by atoms with Crippen molar-refractivity contribution in [1.82, 2.24) is 0 Å². The van der Waals surface area contributed by atoms with Gasteiger partial charge in [-0.3, -0.25) is 9.59 Å². The van der Waals surface area contributed by atoms with Crippen LogP contribution < -0.4 is 4.74 Å². The van der Waals surface area contributed by atoms with Crippen LogP contribution in [-0.2, 0) is 11.2 Å². The Morgan fingerprint density at radius 1 is 1.17 bits per heavy atom. The van der Waals surface area contributed by atoms with Crippen molar-refractivity contribution < 1.29 is 14.3 Å². The number of methoxy groups -OCH3 is 1. The van der Waals surface area contributed by atoms with Gasteiger partial charge in [0.05, 0.1) is 7.11 Å². The number of hydrogen-bond acceptors (Lipinski definition) is 3. The Hall–Kier alpha value is -1.64. The van der Waals surface area contributed by atoms with Crippen molar-refractivity contribution in [2.24, 2.45) is 5.41 Å². The van der Waals surface area contributed by atoms with Crippen LogP contribution in [0.15, 0.2) is 18.2 Å². The monoisotopic (exact) mass is 244 g/mol. The summed E-state index contributed by atoms with van der Waals surface area (Å²) in [6.45, 7) is 0. The standard InChI is InChI=1S/C15H16O3/c1-18-12-2-3-13-10(8-12)4-6-15(14(13)17)7-5-11(16)9-15/h2-3,8H,4-7,9H2,1H3. The third-order valence-corrected chi connectivity index (χ3v) is 4.33. The molecule has 1 aromatic carbocycles. The fourth-order valence-electron chi connectivity index (χ4n) is 3.24. The summed E-state index contributed by atoms with van der Waals surface area (Å²) in [5.74, 6) is 1.19. The van der Waals surface area contributed by atoms with Crippen LogP contribution in [0.2, 0.25) is 0 Å². The molecule has 0 saturated heterocycles. The molecule has 3 heteroatoms. The molecule has 1 unspecified atom stereocenters. The molecule has 1 aromatic rings. The van der Waals surface area contributed by atoms with Gasteiger partial charge in [-0.05, 0) is 43.0 Å². The van der Waals surface area contributed by atoms with E-state index in [2.05, 4.69) is 0 Å². The van der Waals surface area contributed by atoms with Crippen LogP contribution in [0, 0.1) is 5.41 Å². The number of aryl methyl sites for hydroxylation is 1. The number of rotatable bonds is 1. The van der Waals surface area contributed by atoms with E-state index < -0.39 is 5.41 Å². The molecule has 3 nitrogen and oxygen atoms in total. The summed E-state index contributed by atoms with van der Waals surface area (Å²) in [6, 6.07) is 5.61. The van der Waals surface area contributed by atoms with Gasteiger partial charge in [0, 0.05) is 23.8 Å². The molecule has 0 N–H and O–H groups in total. The Balaban J connectivity index is 2.00. The maximum Gasteiger partial charge on any atom is 0.169 e. The molecule has 2 aliphatic rings. The fraction of sp³-hybridized carbons (Fsp3) is 0.467. The second-order valence-electron chi connectivity index (χ2n) is 5.35. The highest BCUT2D eigenvalue weighted by Gasteiger charge is 2.47. The molecule has 1 fully saturated rings. The molecular formula is C15H16O3. The van der Waals surface area contributed by atoms with Crippen molar-refractivity contribution in [3.63, 3.8) is 0 Å². The molecule has 0 aliphatic heterocycles. The van der Waals surface area contributed by atoms with Crippen molar-refractivity contribution in [3.05, 3.63) is 29.3 Å². The predicted octanol–water partition coefficient (Wildman–Crippen LogP) is 2.56. The maximum atomic E-state index is 12.6. The van der Waals surface area contributed by atoms with Crippen LogP contribution in [-0.4, -0.2) is 18.7 Å². The van der Waals surface area contributed by atoms with Gasteiger partial charge in [-0.25, -0.2) is 0 Å². The van der Waals surface area contributed by atoms with E-state index >= 15 is 0 Å². The van der Waals surface area contributed by atoms with Crippen LogP contribution in [0.3, 0.4) is 0 Å². The minimum atomic E-state index is -0.390. The Morgan fingerprint density at radius 3 is 2.61 bits per heavy atom. The molecule has 0 radical (unpaired) electrons. The SMILES string of the molecule is COc1ccc2c(c1)CCC1(CCC(=O)C1)C2=O. The third kappa shape index (κ3) is 1.57. The molecule has 2 aliphatic carbocycles. The highest BCUT2D eigenvalue weighted by molar-refractivity contribution is 6.06. The minimum Gasteiger partial charge on any atom is -0.497 e. The molecule has 1 atom stereocenters. The van der Waals surface area contributed by atoms with Crippen LogP contribution >= 0.6 is 0 Å². The molecule has 18 heavy (non-hydrogen) atoms. The summed E-state index contributed by atoms with van der Waals surface area (Å²) in [6.07, 6.45) is 3.41. The number of hydrogen-bond donors (Lipinski definition) is 0. The van der Waals surface area contributed by atoms with Gasteiger partial charge in [0.1, 0.15) is 11.5 Å². The molecule has 0 aromatic heterocycles. The van der Waals surface area contributed by atoms with E-state index in [1.165, 1.54) is 0 Å². The normalized spacial score (nSPS) is 26.5. The van der Waals surface area contributed by atoms with Gasteiger partial charge >= 0.3 is 0 Å². The Labute approximate surface area is 106 Å². The quantitative estimate of drug-likeness (QED) is 0.762. The highest BCUT2D eigenvalue weighted by atomic mass is 16.5. The van der Waals surface area contributed by atoms with E-state index in [9.17, 15) is 9.59 Å². The summed E-state index contributed by atoms with van der Waals surface area (Å²) < 4.78 is 5.18. The van der Waals surface area contributed by atoms with Crippen molar-refractivity contribution in [1.29, 1.82) is 0 Å². The second-order valence-corrected chi connectivity index (χ2v) is 5.35. The number of fused-ring (bicyclic) bond motifs is 1. The zero-order valence-corrected chi connectivity index (χ0v) is 10.5. The Bertz CT molecular complexity index is 533. The van der Waals surface area contributed by atoms with E-state index in [1.807, 2.05) is 18.2 Å². The highest BCUT2D eigenvalue weighted by Crippen LogP contribution is 2.46. The van der Waals surface area contributed by atoms with Crippen molar-refractivity contribution in [2.75, 3.05) is 7.11 Å². The Kier molecular flexibility index (Phi) is 2.51. The minimum absolute atomic E-state index is 0.164. The number of ketones is 2. The predicted molar refractivity (Wildman–Crippen MR) is 66.9 cm³/mol. The van der Waals surface area contributed by atoms with Gasteiger partial charge in [0.2, 0.25) is 0 Å². The smallest absolute Gasteiger partial charge is 0.169 e. The average Bonchev–Trinajstić information content (AvgIpc) is 2.77. The van der Waals surface area contributed by atoms with Gasteiger partial charge in [0.25, 0.3) is 0 Å². The van der Waals surface area contributed by atoms with Crippen LogP contribution in [0.25, 0.3) is 0 Å². The number of carbonyl (C=O) groups is 2. The van der Waals surface area contributed by atoms with Crippen LogP contribution in [0.5, 0.6) is 5.75 Å². The molecular weight excluding hydrogens is 228 g/mol. The number of Topliss-reactive ketones (excluding diaryl/α,β-unsaturated/α-hetero) is 2. The average molecular weight is 244 g/mol. The molecule has 94 valence electrons. The van der Waals surface area contributed by atoms with E-state index in [1.54, 1.807) is 7.11 Å². The first kappa shape index (κ1) is 11.5. The van der Waals surface area contributed by atoms with Gasteiger partial charge in [0.15, 0.2) is 5.78 Å². The molecule has 0 bridgehead atoms. The zero-order valence-electron chi connectivity index (χ0n) is 10.5. The topological polar surface area (TPSA) is 43.4 Å². The van der Waals surface area contributed by atoms with E-state index in [0.717, 1.165) is 36.1 Å². The van der Waals surface area contributed by atoms with E-state index in [-0.39, 0.29) is 11.6 Å². The summed E-state index contributed by atoms with van der Waals surface area (Å²) >= 11 is 0. The zero-order chi connectivity index (χ0) is 12.8. The molecule has 0 amide bonds. The van der Waals surface area contributed by atoms with Crippen molar-refractivity contribution in [3.8, 4) is 5.75 Å². The number of ether oxygens (including phenoxy) is 1. The van der Waals surface area contributed by atoms with Gasteiger partial charge in [-0.1, -0.05) is 0 Å². The van der Waals surface area contributed by atoms with Crippen LogP contribution in [0.4, 0.5) is 0 Å². The van der Waals surface area contributed by atoms with Crippen LogP contribution in [0.1, 0.15) is 41.6 Å². The lowest BCUT2D eigenvalue weighted by molar-refractivity contribution is -0.117. The van der Waals surface area contributed by atoms with E-state index in [0.29, 0.717) is 12.8 Å². The lowest BCUT2D eigenvalue weighted by atomic mass is 9.69. The van der Waals surface area contributed by atoms with Crippen molar-refractivity contribution >= 4 is 11.6 Å². The first-order valence-electron chi connectivity index (χ1n) is 6.38. The molecule has 1 spiro atoms. The van der Waals surface area contributed by atoms with Gasteiger partial charge < -0.3 is 4.74 Å². The first-order chi connectivity index (χ1) is 8.64. The van der Waals surface area contributed by atoms with Gasteiger partial charge in [-0.15, -0.1) is 0 Å². The summed E-state index contributed by atoms with van der Waals surface area (Å²) in [4.78, 5) is 24.1. The largest absolute Gasteiger partial charge is 0.497 e. The fourth-order valence-corrected chi connectivity index (χ4v) is 3.24. The number of benzene rings is 1. The summed E-state index contributed by atoms with van der Waals surface area (Å²) in [5, 5.41) is 0. The second kappa shape index (κ2) is 3.94. The number of carbonyl (C=O) groups excluding carboxylic acids is 2. The maximum absolute atomic E-state index is 12.6.